The molecule has 0 aliphatic heterocycles. The quantitative estimate of drug-likeness (QED) is 0.722. The maximum absolute atomic E-state index is 5.39. The molecule has 1 heteroatoms. The molecule has 1 nitrogen and oxygen atoms in total. The fourth-order valence-electron chi connectivity index (χ4n) is 2.03. The minimum absolute atomic E-state index is 0.377. The number of hydrogen-bond donors (Lipinski definition) is 1. The number of nitrogens with one attached hydrogen (secondary N) is 1. The topological polar surface area (TPSA) is 12.0 Å². The first kappa shape index (κ1) is 11.8. The predicted molar refractivity (Wildman–Crippen MR) is 65.8 cm³/mol. The minimum Gasteiger partial charge on any atom is -0.315 e. The Balaban J connectivity index is 2.83. The lowest BCUT2D eigenvalue weighted by Crippen LogP contribution is -2.31. The summed E-state index contributed by atoms with van der Waals surface area (Å²) in [5.41, 5.74) is 1.37. The van der Waals surface area contributed by atoms with Crippen molar-refractivity contribution in [3.05, 3.63) is 35.9 Å². The van der Waals surface area contributed by atoms with Crippen molar-refractivity contribution in [2.24, 2.45) is 0 Å². The van der Waals surface area contributed by atoms with Crippen LogP contribution in [0.25, 0.3) is 0 Å². The maximum atomic E-state index is 5.39. The highest BCUT2D eigenvalue weighted by atomic mass is 14.9. The Morgan fingerprint density at radius 1 is 1.33 bits per heavy atom. The molecule has 0 amide bonds. The van der Waals surface area contributed by atoms with Crippen LogP contribution in [-0.2, 0) is 0 Å². The van der Waals surface area contributed by atoms with Gasteiger partial charge in [-0.25, -0.2) is 0 Å². The zero-order valence-electron chi connectivity index (χ0n) is 9.53. The van der Waals surface area contributed by atoms with E-state index in [1.54, 1.807) is 0 Å². The van der Waals surface area contributed by atoms with Crippen LogP contribution in [0.2, 0.25) is 0 Å². The Labute approximate surface area is 92.9 Å². The Morgan fingerprint density at radius 2 is 2.00 bits per heavy atom. The van der Waals surface area contributed by atoms with Crippen LogP contribution in [0, 0.1) is 12.3 Å². The summed E-state index contributed by atoms with van der Waals surface area (Å²) in [7, 11) is 1.98. The molecule has 2 atom stereocenters. The van der Waals surface area contributed by atoms with Crippen molar-refractivity contribution >= 4 is 0 Å². The van der Waals surface area contributed by atoms with Crippen molar-refractivity contribution in [3.8, 4) is 12.3 Å². The van der Waals surface area contributed by atoms with Gasteiger partial charge < -0.3 is 5.32 Å². The standard InChI is InChI=1S/C14H19N/c1-4-9-14(15-3)13(5-2)12-10-7-6-8-11-12/h1,6-8,10-11,13-15H,5,9H2,2-3H3. The normalized spacial score (nSPS) is 14.2. The molecule has 80 valence electrons. The molecule has 0 fully saturated rings. The summed E-state index contributed by atoms with van der Waals surface area (Å²) < 4.78 is 0. The second-order valence-corrected chi connectivity index (χ2v) is 3.73. The van der Waals surface area contributed by atoms with Crippen LogP contribution in [0.4, 0.5) is 0 Å². The zero-order valence-corrected chi connectivity index (χ0v) is 9.53. The van der Waals surface area contributed by atoms with E-state index in [0.717, 1.165) is 12.8 Å². The lowest BCUT2D eigenvalue weighted by Gasteiger charge is -2.24. The van der Waals surface area contributed by atoms with E-state index in [-0.39, 0.29) is 0 Å². The molecule has 1 aromatic rings. The Hall–Kier alpha value is -1.26. The molecule has 0 bridgehead atoms. The van der Waals surface area contributed by atoms with E-state index in [1.807, 2.05) is 13.1 Å². The molecule has 1 rings (SSSR count). The van der Waals surface area contributed by atoms with Gasteiger partial charge in [0.25, 0.3) is 0 Å². The van der Waals surface area contributed by atoms with Crippen LogP contribution in [0.15, 0.2) is 30.3 Å². The van der Waals surface area contributed by atoms with E-state index in [4.69, 9.17) is 6.42 Å². The molecule has 0 aliphatic rings. The van der Waals surface area contributed by atoms with Gasteiger partial charge in [-0.2, -0.15) is 0 Å². The largest absolute Gasteiger partial charge is 0.315 e. The lowest BCUT2D eigenvalue weighted by atomic mass is 9.87. The molecule has 0 saturated heterocycles. The SMILES string of the molecule is C#CCC(NC)C(CC)c1ccccc1. The van der Waals surface area contributed by atoms with Gasteiger partial charge in [-0.05, 0) is 24.9 Å². The van der Waals surface area contributed by atoms with Gasteiger partial charge in [0.05, 0.1) is 0 Å². The van der Waals surface area contributed by atoms with Crippen molar-refractivity contribution in [2.45, 2.75) is 31.7 Å². The number of rotatable bonds is 5. The van der Waals surface area contributed by atoms with Gasteiger partial charge in [-0.1, -0.05) is 37.3 Å². The molecule has 0 aliphatic carbocycles. The second kappa shape index (κ2) is 6.27. The summed E-state index contributed by atoms with van der Waals surface area (Å²) in [4.78, 5) is 0. The molecular formula is C14H19N. The van der Waals surface area contributed by atoms with Crippen LogP contribution in [0.3, 0.4) is 0 Å². The first-order chi connectivity index (χ1) is 7.33. The van der Waals surface area contributed by atoms with Gasteiger partial charge in [-0.3, -0.25) is 0 Å². The number of terminal acetylenes is 1. The molecule has 0 radical (unpaired) electrons. The van der Waals surface area contributed by atoms with E-state index in [2.05, 4.69) is 42.4 Å². The van der Waals surface area contributed by atoms with Gasteiger partial charge in [0, 0.05) is 12.5 Å². The van der Waals surface area contributed by atoms with Crippen LogP contribution >= 0.6 is 0 Å². The first-order valence-electron chi connectivity index (χ1n) is 5.49. The first-order valence-corrected chi connectivity index (χ1v) is 5.49. The molecule has 1 N–H and O–H groups in total. The van der Waals surface area contributed by atoms with E-state index in [0.29, 0.717) is 12.0 Å². The van der Waals surface area contributed by atoms with Crippen molar-refractivity contribution in [2.75, 3.05) is 7.05 Å². The summed E-state index contributed by atoms with van der Waals surface area (Å²) in [6.45, 7) is 2.21. The van der Waals surface area contributed by atoms with Gasteiger partial charge in [-0.15, -0.1) is 12.3 Å². The van der Waals surface area contributed by atoms with E-state index < -0.39 is 0 Å². The average molecular weight is 201 g/mol. The molecular weight excluding hydrogens is 182 g/mol. The van der Waals surface area contributed by atoms with Crippen molar-refractivity contribution in [1.29, 1.82) is 0 Å². The molecule has 1 aromatic carbocycles. The molecule has 0 saturated carbocycles. The van der Waals surface area contributed by atoms with Crippen LogP contribution in [0.1, 0.15) is 31.2 Å². The van der Waals surface area contributed by atoms with Gasteiger partial charge in [0.15, 0.2) is 0 Å². The zero-order chi connectivity index (χ0) is 11.1. The van der Waals surface area contributed by atoms with E-state index in [9.17, 15) is 0 Å². The fourth-order valence-corrected chi connectivity index (χ4v) is 2.03. The summed E-state index contributed by atoms with van der Waals surface area (Å²) in [6, 6.07) is 10.9. The predicted octanol–water partition coefficient (Wildman–Crippen LogP) is 2.79. The molecule has 2 unspecified atom stereocenters. The van der Waals surface area contributed by atoms with Gasteiger partial charge in [0.2, 0.25) is 0 Å². The van der Waals surface area contributed by atoms with Gasteiger partial charge >= 0.3 is 0 Å². The monoisotopic (exact) mass is 201 g/mol. The number of benzene rings is 1. The van der Waals surface area contributed by atoms with Crippen molar-refractivity contribution < 1.29 is 0 Å². The Bertz CT molecular complexity index is 310. The summed E-state index contributed by atoms with van der Waals surface area (Å²) in [5, 5.41) is 3.31. The Morgan fingerprint density at radius 3 is 2.47 bits per heavy atom. The fraction of sp³-hybridized carbons (Fsp3) is 0.429. The maximum Gasteiger partial charge on any atom is 0.0246 e. The number of likely N-dealkylation sites (N-methyl/N-ethyl adjacent to an activating group) is 1. The van der Waals surface area contributed by atoms with E-state index >= 15 is 0 Å². The Kier molecular flexibility index (Phi) is 4.93. The highest BCUT2D eigenvalue weighted by Gasteiger charge is 2.18. The molecule has 0 spiro atoms. The second-order valence-electron chi connectivity index (χ2n) is 3.73. The van der Waals surface area contributed by atoms with Crippen molar-refractivity contribution in [3.63, 3.8) is 0 Å². The molecule has 0 heterocycles. The average Bonchev–Trinajstić information content (AvgIpc) is 2.30. The highest BCUT2D eigenvalue weighted by molar-refractivity contribution is 5.21. The third-order valence-corrected chi connectivity index (χ3v) is 2.86. The van der Waals surface area contributed by atoms with E-state index in [1.165, 1.54) is 5.56 Å². The van der Waals surface area contributed by atoms with Crippen LogP contribution in [-0.4, -0.2) is 13.1 Å². The molecule has 15 heavy (non-hydrogen) atoms. The van der Waals surface area contributed by atoms with Crippen molar-refractivity contribution in [1.82, 2.24) is 5.32 Å². The summed E-state index contributed by atoms with van der Waals surface area (Å²) in [6.07, 6.45) is 7.28. The third-order valence-electron chi connectivity index (χ3n) is 2.86. The lowest BCUT2D eigenvalue weighted by molar-refractivity contribution is 0.459. The number of hydrogen-bond acceptors (Lipinski definition) is 1. The molecule has 0 aromatic heterocycles. The minimum atomic E-state index is 0.377. The highest BCUT2D eigenvalue weighted by Crippen LogP contribution is 2.24. The van der Waals surface area contributed by atoms with Crippen LogP contribution < -0.4 is 5.32 Å². The summed E-state index contributed by atoms with van der Waals surface area (Å²) in [5.74, 6) is 3.25. The smallest absolute Gasteiger partial charge is 0.0246 e. The van der Waals surface area contributed by atoms with Crippen LogP contribution in [0.5, 0.6) is 0 Å². The third kappa shape index (κ3) is 3.11. The van der Waals surface area contributed by atoms with Gasteiger partial charge in [0.1, 0.15) is 0 Å². The summed E-state index contributed by atoms with van der Waals surface area (Å²) >= 11 is 0.